The van der Waals surface area contributed by atoms with E-state index in [1.54, 1.807) is 0 Å². The molecule has 0 aliphatic carbocycles. The topological polar surface area (TPSA) is 67.5 Å². The molecule has 1 aromatic heterocycles. The van der Waals surface area contributed by atoms with Crippen LogP contribution in [0.3, 0.4) is 0 Å². The van der Waals surface area contributed by atoms with Gasteiger partial charge in [0.05, 0.1) is 17.6 Å². The van der Waals surface area contributed by atoms with Crippen molar-refractivity contribution in [2.45, 2.75) is 18.8 Å². The van der Waals surface area contributed by atoms with Crippen molar-refractivity contribution >= 4 is 16.9 Å². The summed E-state index contributed by atoms with van der Waals surface area (Å²) in [6.45, 7) is 2.37. The molecule has 1 atom stereocenters. The van der Waals surface area contributed by atoms with Gasteiger partial charge in [0.15, 0.2) is 0 Å². The van der Waals surface area contributed by atoms with Gasteiger partial charge >= 0.3 is 0 Å². The third-order valence-corrected chi connectivity index (χ3v) is 5.03. The number of nitrogens with one attached hydrogen (secondary N) is 1. The molecule has 2 aromatic carbocycles. The number of H-pyrrole nitrogens is 1. The van der Waals surface area contributed by atoms with Crippen molar-refractivity contribution in [2.75, 3.05) is 32.9 Å². The molecule has 1 aliphatic rings. The summed E-state index contributed by atoms with van der Waals surface area (Å²) in [4.78, 5) is 22.5. The molecule has 0 saturated carbocycles. The Morgan fingerprint density at radius 1 is 1.11 bits per heavy atom. The van der Waals surface area contributed by atoms with Crippen LogP contribution in [0.5, 0.6) is 5.75 Å². The third kappa shape index (κ3) is 4.51. The fourth-order valence-electron chi connectivity index (χ4n) is 3.58. The molecule has 1 N–H and O–H groups in total. The predicted octanol–water partition coefficient (Wildman–Crippen LogP) is 3.36. The van der Waals surface area contributed by atoms with Crippen LogP contribution in [0.15, 0.2) is 54.6 Å². The van der Waals surface area contributed by atoms with Crippen molar-refractivity contribution in [1.82, 2.24) is 14.9 Å². The molecule has 1 aliphatic heterocycles. The van der Waals surface area contributed by atoms with Crippen LogP contribution < -0.4 is 4.74 Å². The Morgan fingerprint density at radius 2 is 1.93 bits per heavy atom. The largest absolute Gasteiger partial charge is 0.491 e. The van der Waals surface area contributed by atoms with Crippen LogP contribution in [0, 0.1) is 0 Å². The second-order valence-corrected chi connectivity index (χ2v) is 7.03. The number of aromatic amines is 1. The lowest BCUT2D eigenvalue weighted by molar-refractivity contribution is -0.137. The summed E-state index contributed by atoms with van der Waals surface area (Å²) >= 11 is 0. The number of amides is 1. The summed E-state index contributed by atoms with van der Waals surface area (Å²) in [6.07, 6.45) is 2.01. The summed E-state index contributed by atoms with van der Waals surface area (Å²) < 4.78 is 11.1. The lowest BCUT2D eigenvalue weighted by Crippen LogP contribution is -2.41. The van der Waals surface area contributed by atoms with Crippen LogP contribution in [-0.4, -0.2) is 53.7 Å². The van der Waals surface area contributed by atoms with Crippen molar-refractivity contribution in [3.05, 3.63) is 60.4 Å². The third-order valence-electron chi connectivity index (χ3n) is 5.03. The van der Waals surface area contributed by atoms with Crippen molar-refractivity contribution in [2.24, 2.45) is 0 Å². The highest BCUT2D eigenvalue weighted by molar-refractivity contribution is 5.78. The van der Waals surface area contributed by atoms with Gasteiger partial charge in [0.1, 0.15) is 24.8 Å². The number of nitrogens with zero attached hydrogens (tertiary/aromatic N) is 2. The monoisotopic (exact) mass is 379 g/mol. The van der Waals surface area contributed by atoms with Gasteiger partial charge in [-0.2, -0.15) is 0 Å². The molecule has 146 valence electrons. The minimum Gasteiger partial charge on any atom is -0.491 e. The molecule has 1 saturated heterocycles. The van der Waals surface area contributed by atoms with Crippen LogP contribution in [-0.2, 0) is 9.53 Å². The second kappa shape index (κ2) is 8.89. The Kier molecular flexibility index (Phi) is 5.87. The number of likely N-dealkylation sites (tertiary alicyclic amines) is 1. The first-order valence-electron chi connectivity index (χ1n) is 9.77. The Labute approximate surface area is 164 Å². The molecular formula is C22H25N3O3. The van der Waals surface area contributed by atoms with E-state index < -0.39 is 0 Å². The van der Waals surface area contributed by atoms with Gasteiger partial charge in [0, 0.05) is 19.0 Å². The number of para-hydroxylation sites is 3. The van der Waals surface area contributed by atoms with Gasteiger partial charge in [-0.1, -0.05) is 30.3 Å². The number of imidazole rings is 1. The molecule has 6 nitrogen and oxygen atoms in total. The van der Waals surface area contributed by atoms with Crippen LogP contribution in [0.4, 0.5) is 0 Å². The van der Waals surface area contributed by atoms with Crippen molar-refractivity contribution in [3.63, 3.8) is 0 Å². The number of carbonyl (C=O) groups excluding carboxylic acids is 1. The molecule has 1 amide bonds. The number of rotatable bonds is 7. The van der Waals surface area contributed by atoms with Crippen LogP contribution in [0.2, 0.25) is 0 Å². The number of fused-ring (bicyclic) bond motifs is 1. The van der Waals surface area contributed by atoms with E-state index in [0.29, 0.717) is 19.8 Å². The van der Waals surface area contributed by atoms with Crippen LogP contribution >= 0.6 is 0 Å². The fourth-order valence-corrected chi connectivity index (χ4v) is 3.58. The van der Waals surface area contributed by atoms with E-state index in [1.165, 1.54) is 0 Å². The van der Waals surface area contributed by atoms with E-state index in [4.69, 9.17) is 14.5 Å². The molecule has 0 spiro atoms. The van der Waals surface area contributed by atoms with E-state index in [1.807, 2.05) is 59.5 Å². The lowest BCUT2D eigenvalue weighted by atomic mass is 9.97. The average molecular weight is 379 g/mol. The number of hydrogen-bond donors (Lipinski definition) is 1. The van der Waals surface area contributed by atoms with Gasteiger partial charge in [-0.15, -0.1) is 0 Å². The summed E-state index contributed by atoms with van der Waals surface area (Å²) in [5.41, 5.74) is 2.02. The molecule has 0 bridgehead atoms. The van der Waals surface area contributed by atoms with Crippen molar-refractivity contribution in [3.8, 4) is 5.75 Å². The summed E-state index contributed by atoms with van der Waals surface area (Å²) in [7, 11) is 0. The molecule has 0 radical (unpaired) electrons. The zero-order valence-electron chi connectivity index (χ0n) is 15.8. The molecule has 6 heteroatoms. The highest BCUT2D eigenvalue weighted by atomic mass is 16.5. The minimum atomic E-state index is 0.0283. The molecular weight excluding hydrogens is 354 g/mol. The molecule has 2 heterocycles. The highest BCUT2D eigenvalue weighted by Gasteiger charge is 2.26. The molecule has 1 fully saturated rings. The maximum absolute atomic E-state index is 12.5. The maximum atomic E-state index is 12.5. The molecule has 28 heavy (non-hydrogen) atoms. The number of hydrogen-bond acceptors (Lipinski definition) is 4. The van der Waals surface area contributed by atoms with Crippen LogP contribution in [0.1, 0.15) is 24.6 Å². The van der Waals surface area contributed by atoms with E-state index >= 15 is 0 Å². The Morgan fingerprint density at radius 3 is 2.79 bits per heavy atom. The smallest absolute Gasteiger partial charge is 0.248 e. The van der Waals surface area contributed by atoms with Crippen molar-refractivity contribution < 1.29 is 14.3 Å². The zero-order valence-corrected chi connectivity index (χ0v) is 15.8. The standard InChI is InChI=1S/C22H25N3O3/c26-21(16-27-13-14-28-18-8-2-1-3-9-18)25-12-6-7-17(15-25)22-23-19-10-4-5-11-20(19)24-22/h1-5,8-11,17H,6-7,12-16H2,(H,23,24). The summed E-state index contributed by atoms with van der Waals surface area (Å²) in [5, 5.41) is 0. The number of carbonyl (C=O) groups is 1. The fraction of sp³-hybridized carbons (Fsp3) is 0.364. The van der Waals surface area contributed by atoms with Crippen molar-refractivity contribution in [1.29, 1.82) is 0 Å². The predicted molar refractivity (Wildman–Crippen MR) is 107 cm³/mol. The average Bonchev–Trinajstić information content (AvgIpc) is 3.19. The van der Waals surface area contributed by atoms with Gasteiger partial charge in [0.25, 0.3) is 0 Å². The summed E-state index contributed by atoms with van der Waals surface area (Å²) in [5.74, 6) is 2.05. The Balaban J connectivity index is 1.24. The van der Waals surface area contributed by atoms with E-state index in [-0.39, 0.29) is 18.4 Å². The molecule has 4 rings (SSSR count). The number of piperidine rings is 1. The molecule has 1 unspecified atom stereocenters. The first-order valence-corrected chi connectivity index (χ1v) is 9.77. The normalized spacial score (nSPS) is 17.0. The maximum Gasteiger partial charge on any atom is 0.248 e. The Hall–Kier alpha value is -2.86. The SMILES string of the molecule is O=C(COCCOc1ccccc1)N1CCCC(c2nc3ccccc3[nH]2)C1. The number of aromatic nitrogens is 2. The zero-order chi connectivity index (χ0) is 19.2. The minimum absolute atomic E-state index is 0.0283. The first kappa shape index (κ1) is 18.5. The second-order valence-electron chi connectivity index (χ2n) is 7.03. The lowest BCUT2D eigenvalue weighted by Gasteiger charge is -2.31. The van der Waals surface area contributed by atoms with Gasteiger partial charge < -0.3 is 19.4 Å². The van der Waals surface area contributed by atoms with Gasteiger partial charge in [0.2, 0.25) is 5.91 Å². The number of benzene rings is 2. The van der Waals surface area contributed by atoms with Crippen LogP contribution in [0.25, 0.3) is 11.0 Å². The van der Waals surface area contributed by atoms with E-state index in [2.05, 4.69) is 4.98 Å². The quantitative estimate of drug-likeness (QED) is 0.639. The van der Waals surface area contributed by atoms with Gasteiger partial charge in [-0.05, 0) is 37.1 Å². The highest BCUT2D eigenvalue weighted by Crippen LogP contribution is 2.26. The van der Waals surface area contributed by atoms with Gasteiger partial charge in [-0.3, -0.25) is 4.79 Å². The van der Waals surface area contributed by atoms with Gasteiger partial charge in [-0.25, -0.2) is 4.98 Å². The first-order chi connectivity index (χ1) is 13.8. The van der Waals surface area contributed by atoms with E-state index in [0.717, 1.165) is 42.0 Å². The Bertz CT molecular complexity index is 877. The summed E-state index contributed by atoms with van der Waals surface area (Å²) in [6, 6.07) is 17.6. The number of ether oxygens (including phenoxy) is 2. The van der Waals surface area contributed by atoms with E-state index in [9.17, 15) is 4.79 Å². The molecule has 3 aromatic rings.